The van der Waals surface area contributed by atoms with Crippen LogP contribution >= 0.6 is 0 Å². The Labute approximate surface area is 72.7 Å². The standard InChI is InChI=1S/C9H15NO2/c1-10-6-3-4-8(10)7(5-6)9(11)12-2/h6-8H,3-5H2,1-2H3/t6-,7-,8+/m0/s1. The number of carbonyl (C=O) groups excluding carboxylic acids is 1. The number of ether oxygens (including phenoxy) is 1. The van der Waals surface area contributed by atoms with Gasteiger partial charge >= 0.3 is 5.97 Å². The number of carbonyl (C=O) groups is 1. The molecule has 0 aromatic heterocycles. The zero-order valence-corrected chi connectivity index (χ0v) is 7.62. The van der Waals surface area contributed by atoms with Crippen LogP contribution in [0.2, 0.25) is 0 Å². The van der Waals surface area contributed by atoms with Gasteiger partial charge in [-0.1, -0.05) is 0 Å². The molecule has 0 saturated carbocycles. The first kappa shape index (κ1) is 8.05. The van der Waals surface area contributed by atoms with Gasteiger partial charge in [-0.25, -0.2) is 0 Å². The first-order chi connectivity index (χ1) is 5.74. The van der Waals surface area contributed by atoms with Crippen molar-refractivity contribution in [2.45, 2.75) is 31.3 Å². The van der Waals surface area contributed by atoms with Gasteiger partial charge in [0.1, 0.15) is 0 Å². The normalized spacial score (nSPS) is 40.3. The Hall–Kier alpha value is -0.570. The molecule has 0 amide bonds. The average molecular weight is 169 g/mol. The Morgan fingerprint density at radius 3 is 2.67 bits per heavy atom. The van der Waals surface area contributed by atoms with E-state index in [1.54, 1.807) is 0 Å². The van der Waals surface area contributed by atoms with Gasteiger partial charge in [0.05, 0.1) is 13.0 Å². The van der Waals surface area contributed by atoms with Crippen molar-refractivity contribution in [1.82, 2.24) is 4.90 Å². The van der Waals surface area contributed by atoms with Gasteiger partial charge in [0.15, 0.2) is 0 Å². The van der Waals surface area contributed by atoms with Gasteiger partial charge in [-0.05, 0) is 26.3 Å². The molecule has 0 spiro atoms. The number of fused-ring (bicyclic) bond motifs is 2. The molecule has 2 heterocycles. The smallest absolute Gasteiger partial charge is 0.310 e. The molecule has 2 aliphatic heterocycles. The van der Waals surface area contributed by atoms with Crippen LogP contribution < -0.4 is 0 Å². The van der Waals surface area contributed by atoms with E-state index in [1.807, 2.05) is 0 Å². The van der Waals surface area contributed by atoms with Crippen molar-refractivity contribution < 1.29 is 9.53 Å². The van der Waals surface area contributed by atoms with Crippen LogP contribution in [0.5, 0.6) is 0 Å². The summed E-state index contributed by atoms with van der Waals surface area (Å²) in [4.78, 5) is 13.6. The molecule has 3 atom stereocenters. The van der Waals surface area contributed by atoms with Gasteiger partial charge in [-0.3, -0.25) is 9.69 Å². The van der Waals surface area contributed by atoms with E-state index in [9.17, 15) is 4.79 Å². The van der Waals surface area contributed by atoms with Crippen molar-refractivity contribution in [2.75, 3.05) is 14.2 Å². The van der Waals surface area contributed by atoms with Gasteiger partial charge < -0.3 is 4.74 Å². The van der Waals surface area contributed by atoms with E-state index in [0.717, 1.165) is 6.42 Å². The van der Waals surface area contributed by atoms with Crippen molar-refractivity contribution in [1.29, 1.82) is 0 Å². The maximum Gasteiger partial charge on any atom is 0.310 e. The predicted octanol–water partition coefficient (Wildman–Crippen LogP) is 0.642. The second-order valence-electron chi connectivity index (χ2n) is 3.83. The van der Waals surface area contributed by atoms with E-state index in [1.165, 1.54) is 20.0 Å². The maximum atomic E-state index is 11.3. The maximum absolute atomic E-state index is 11.3. The van der Waals surface area contributed by atoms with Crippen LogP contribution in [-0.2, 0) is 9.53 Å². The molecule has 3 heteroatoms. The van der Waals surface area contributed by atoms with E-state index >= 15 is 0 Å². The molecule has 2 bridgehead atoms. The first-order valence-corrected chi connectivity index (χ1v) is 4.54. The topological polar surface area (TPSA) is 29.5 Å². The third kappa shape index (κ3) is 0.959. The molecule has 2 rings (SSSR count). The van der Waals surface area contributed by atoms with Gasteiger partial charge in [0, 0.05) is 12.1 Å². The summed E-state index contributed by atoms with van der Waals surface area (Å²) >= 11 is 0. The van der Waals surface area contributed by atoms with Crippen LogP contribution in [0, 0.1) is 5.92 Å². The minimum atomic E-state index is -0.0194. The second-order valence-corrected chi connectivity index (χ2v) is 3.83. The highest BCUT2D eigenvalue weighted by atomic mass is 16.5. The Balaban J connectivity index is 2.08. The lowest BCUT2D eigenvalue weighted by atomic mass is 9.89. The highest BCUT2D eigenvalue weighted by molar-refractivity contribution is 5.74. The highest BCUT2D eigenvalue weighted by Gasteiger charge is 2.47. The third-order valence-electron chi connectivity index (χ3n) is 3.39. The highest BCUT2D eigenvalue weighted by Crippen LogP contribution is 2.40. The lowest BCUT2D eigenvalue weighted by molar-refractivity contribution is -0.146. The Morgan fingerprint density at radius 2 is 2.25 bits per heavy atom. The van der Waals surface area contributed by atoms with E-state index in [-0.39, 0.29) is 11.9 Å². The van der Waals surface area contributed by atoms with E-state index in [2.05, 4.69) is 11.9 Å². The molecule has 0 radical (unpaired) electrons. The van der Waals surface area contributed by atoms with E-state index in [4.69, 9.17) is 4.74 Å². The van der Waals surface area contributed by atoms with Crippen molar-refractivity contribution in [3.8, 4) is 0 Å². The lowest BCUT2D eigenvalue weighted by Crippen LogP contribution is -2.30. The van der Waals surface area contributed by atoms with Crippen LogP contribution in [0.3, 0.4) is 0 Å². The van der Waals surface area contributed by atoms with E-state index in [0.29, 0.717) is 12.1 Å². The fourth-order valence-electron chi connectivity index (χ4n) is 2.67. The minimum Gasteiger partial charge on any atom is -0.469 e. The van der Waals surface area contributed by atoms with Crippen LogP contribution in [0.15, 0.2) is 0 Å². The summed E-state index contributed by atoms with van der Waals surface area (Å²) in [5.74, 6) is 0.132. The molecule has 68 valence electrons. The Morgan fingerprint density at radius 1 is 1.50 bits per heavy atom. The second kappa shape index (κ2) is 2.73. The Bertz CT molecular complexity index is 205. The first-order valence-electron chi connectivity index (χ1n) is 4.54. The molecule has 12 heavy (non-hydrogen) atoms. The minimum absolute atomic E-state index is 0.0194. The van der Waals surface area contributed by atoms with Gasteiger partial charge in [-0.15, -0.1) is 0 Å². The molecular formula is C9H15NO2. The van der Waals surface area contributed by atoms with Crippen LogP contribution in [-0.4, -0.2) is 37.1 Å². The average Bonchev–Trinajstić information content (AvgIpc) is 2.60. The summed E-state index contributed by atoms with van der Waals surface area (Å²) in [6.45, 7) is 0. The molecule has 0 aliphatic carbocycles. The van der Waals surface area contributed by atoms with Crippen molar-refractivity contribution >= 4 is 5.97 Å². The fraction of sp³-hybridized carbons (Fsp3) is 0.889. The molecule has 0 aromatic rings. The molecule has 0 unspecified atom stereocenters. The molecular weight excluding hydrogens is 154 g/mol. The summed E-state index contributed by atoms with van der Waals surface area (Å²) in [7, 11) is 3.60. The molecule has 2 saturated heterocycles. The molecule has 2 fully saturated rings. The molecule has 3 nitrogen and oxygen atoms in total. The zero-order valence-electron chi connectivity index (χ0n) is 7.62. The lowest BCUT2D eigenvalue weighted by Gasteiger charge is -2.18. The summed E-state index contributed by atoms with van der Waals surface area (Å²) in [5, 5.41) is 0. The number of methoxy groups -OCH3 is 1. The predicted molar refractivity (Wildman–Crippen MR) is 44.7 cm³/mol. The largest absolute Gasteiger partial charge is 0.469 e. The van der Waals surface area contributed by atoms with Crippen LogP contribution in [0.25, 0.3) is 0 Å². The van der Waals surface area contributed by atoms with Crippen LogP contribution in [0.4, 0.5) is 0 Å². The van der Waals surface area contributed by atoms with Gasteiger partial charge in [0.25, 0.3) is 0 Å². The van der Waals surface area contributed by atoms with Crippen molar-refractivity contribution in [2.24, 2.45) is 5.92 Å². The quantitative estimate of drug-likeness (QED) is 0.539. The number of hydrogen-bond donors (Lipinski definition) is 0. The molecule has 0 N–H and O–H groups in total. The third-order valence-corrected chi connectivity index (χ3v) is 3.39. The number of rotatable bonds is 1. The molecule has 0 aromatic carbocycles. The number of nitrogens with zero attached hydrogens (tertiary/aromatic N) is 1. The number of esters is 1. The van der Waals surface area contributed by atoms with Crippen molar-refractivity contribution in [3.05, 3.63) is 0 Å². The van der Waals surface area contributed by atoms with E-state index < -0.39 is 0 Å². The SMILES string of the molecule is COC(=O)[C@H]1C[C@@H]2CC[C@H]1N2C. The molecule has 2 aliphatic rings. The monoisotopic (exact) mass is 169 g/mol. The van der Waals surface area contributed by atoms with Crippen LogP contribution in [0.1, 0.15) is 19.3 Å². The summed E-state index contributed by atoms with van der Waals surface area (Å²) in [6, 6.07) is 1.10. The summed E-state index contributed by atoms with van der Waals surface area (Å²) in [6.07, 6.45) is 3.43. The number of hydrogen-bond acceptors (Lipinski definition) is 3. The zero-order chi connectivity index (χ0) is 8.72. The van der Waals surface area contributed by atoms with Crippen molar-refractivity contribution in [3.63, 3.8) is 0 Å². The van der Waals surface area contributed by atoms with Gasteiger partial charge in [0.2, 0.25) is 0 Å². The fourth-order valence-corrected chi connectivity index (χ4v) is 2.67. The summed E-state index contributed by atoms with van der Waals surface area (Å²) < 4.78 is 4.77. The van der Waals surface area contributed by atoms with Gasteiger partial charge in [-0.2, -0.15) is 0 Å². The Kier molecular flexibility index (Phi) is 1.83. The summed E-state index contributed by atoms with van der Waals surface area (Å²) in [5.41, 5.74) is 0.